The second-order valence-corrected chi connectivity index (χ2v) is 3.97. The zero-order valence-electron chi connectivity index (χ0n) is 10.6. The van der Waals surface area contributed by atoms with Crippen molar-refractivity contribution in [2.75, 3.05) is 14.2 Å². The van der Waals surface area contributed by atoms with Crippen molar-refractivity contribution in [3.8, 4) is 17.4 Å². The molecule has 2 aromatic rings. The predicted octanol–water partition coefficient (Wildman–Crippen LogP) is 2.13. The Bertz CT molecular complexity index is 666. The van der Waals surface area contributed by atoms with Crippen molar-refractivity contribution in [2.45, 2.75) is 0 Å². The highest BCUT2D eigenvalue weighted by Gasteiger charge is 2.13. The van der Waals surface area contributed by atoms with Gasteiger partial charge < -0.3 is 9.47 Å². The highest BCUT2D eigenvalue weighted by molar-refractivity contribution is 6.28. The number of halogens is 2. The lowest BCUT2D eigenvalue weighted by Gasteiger charge is -2.05. The van der Waals surface area contributed by atoms with E-state index in [-0.39, 0.29) is 28.2 Å². The summed E-state index contributed by atoms with van der Waals surface area (Å²) in [6.07, 6.45) is 0. The van der Waals surface area contributed by atoms with E-state index >= 15 is 0 Å². The lowest BCUT2D eigenvalue weighted by molar-refractivity contribution is 0.0600. The highest BCUT2D eigenvalue weighted by atomic mass is 35.5. The van der Waals surface area contributed by atoms with Crippen molar-refractivity contribution in [1.82, 2.24) is 15.0 Å². The molecule has 104 valence electrons. The van der Waals surface area contributed by atoms with Gasteiger partial charge in [0.15, 0.2) is 5.82 Å². The van der Waals surface area contributed by atoms with Crippen LogP contribution in [0.2, 0.25) is 5.28 Å². The summed E-state index contributed by atoms with van der Waals surface area (Å²) in [7, 11) is 2.57. The Morgan fingerprint density at radius 3 is 2.60 bits per heavy atom. The third-order valence-corrected chi connectivity index (χ3v) is 2.52. The van der Waals surface area contributed by atoms with Gasteiger partial charge in [-0.2, -0.15) is 15.0 Å². The number of carbonyl (C=O) groups is 1. The number of benzene rings is 1. The molecule has 0 saturated heterocycles. The smallest absolute Gasteiger partial charge is 0.337 e. The molecule has 0 spiro atoms. The van der Waals surface area contributed by atoms with Crippen molar-refractivity contribution in [3.05, 3.63) is 34.9 Å². The van der Waals surface area contributed by atoms with Gasteiger partial charge in [0.05, 0.1) is 19.8 Å². The van der Waals surface area contributed by atoms with Crippen LogP contribution < -0.4 is 4.74 Å². The average Bonchev–Trinajstić information content (AvgIpc) is 2.45. The van der Waals surface area contributed by atoms with Crippen molar-refractivity contribution in [1.29, 1.82) is 0 Å². The molecule has 0 aliphatic heterocycles. The van der Waals surface area contributed by atoms with Crippen molar-refractivity contribution < 1.29 is 18.7 Å². The fourth-order valence-electron chi connectivity index (χ4n) is 1.51. The second-order valence-electron chi connectivity index (χ2n) is 3.63. The largest absolute Gasteiger partial charge is 0.467 e. The van der Waals surface area contributed by atoms with Gasteiger partial charge in [0.1, 0.15) is 5.82 Å². The van der Waals surface area contributed by atoms with E-state index in [0.29, 0.717) is 0 Å². The van der Waals surface area contributed by atoms with E-state index in [1.165, 1.54) is 20.3 Å². The van der Waals surface area contributed by atoms with E-state index in [1.807, 2.05) is 0 Å². The Hall–Kier alpha value is -2.28. The van der Waals surface area contributed by atoms with E-state index in [4.69, 9.17) is 16.3 Å². The SMILES string of the molecule is COC(=O)c1cc(F)cc(-c2nc(Cl)nc(OC)n2)c1. The average molecular weight is 298 g/mol. The minimum atomic E-state index is -0.669. The Balaban J connectivity index is 2.54. The maximum Gasteiger partial charge on any atom is 0.337 e. The van der Waals surface area contributed by atoms with E-state index in [1.54, 1.807) is 0 Å². The number of rotatable bonds is 3. The molecule has 0 bridgehead atoms. The first kappa shape index (κ1) is 14.1. The molecule has 0 amide bonds. The molecule has 0 aliphatic rings. The topological polar surface area (TPSA) is 74.2 Å². The maximum atomic E-state index is 13.5. The van der Waals surface area contributed by atoms with Crippen LogP contribution in [0.25, 0.3) is 11.4 Å². The minimum absolute atomic E-state index is 0.0103. The third kappa shape index (κ3) is 3.00. The minimum Gasteiger partial charge on any atom is -0.467 e. The monoisotopic (exact) mass is 297 g/mol. The molecular formula is C12H9ClFN3O3. The standard InChI is InChI=1S/C12H9ClFN3O3/c1-19-10(18)7-3-6(4-8(14)5-7)9-15-11(13)17-12(16-9)20-2/h3-5H,1-2H3. The van der Waals surface area contributed by atoms with Crippen molar-refractivity contribution in [3.63, 3.8) is 0 Å². The number of hydrogen-bond acceptors (Lipinski definition) is 6. The van der Waals surface area contributed by atoms with Crippen LogP contribution in [0.1, 0.15) is 10.4 Å². The number of hydrogen-bond donors (Lipinski definition) is 0. The van der Waals surface area contributed by atoms with Gasteiger partial charge in [-0.1, -0.05) is 0 Å². The highest BCUT2D eigenvalue weighted by Crippen LogP contribution is 2.21. The van der Waals surface area contributed by atoms with Crippen LogP contribution in [0, 0.1) is 5.82 Å². The molecule has 1 heterocycles. The summed E-state index contributed by atoms with van der Waals surface area (Å²) in [5.41, 5.74) is 0.297. The molecule has 0 radical (unpaired) electrons. The van der Waals surface area contributed by atoms with Gasteiger partial charge in [-0.05, 0) is 29.8 Å². The van der Waals surface area contributed by atoms with E-state index in [9.17, 15) is 9.18 Å². The first-order valence-corrected chi connectivity index (χ1v) is 5.76. The van der Waals surface area contributed by atoms with Gasteiger partial charge in [0, 0.05) is 5.56 Å². The molecule has 1 aromatic carbocycles. The third-order valence-electron chi connectivity index (χ3n) is 2.35. The molecule has 0 atom stereocenters. The van der Waals surface area contributed by atoms with Gasteiger partial charge in [-0.15, -0.1) is 0 Å². The zero-order valence-corrected chi connectivity index (χ0v) is 11.3. The number of methoxy groups -OCH3 is 2. The first-order chi connectivity index (χ1) is 9.53. The number of aromatic nitrogens is 3. The molecule has 0 unspecified atom stereocenters. The van der Waals surface area contributed by atoms with Crippen molar-refractivity contribution in [2.24, 2.45) is 0 Å². The molecule has 2 rings (SSSR count). The summed E-state index contributed by atoms with van der Waals surface area (Å²) in [5.74, 6) is -1.21. The number of nitrogens with zero attached hydrogens (tertiary/aromatic N) is 3. The first-order valence-electron chi connectivity index (χ1n) is 5.38. The molecular weight excluding hydrogens is 289 g/mol. The molecule has 20 heavy (non-hydrogen) atoms. The van der Waals surface area contributed by atoms with Crippen LogP contribution in [-0.4, -0.2) is 35.1 Å². The molecule has 0 saturated carbocycles. The molecule has 8 heteroatoms. The molecule has 0 N–H and O–H groups in total. The number of ether oxygens (including phenoxy) is 2. The van der Waals surface area contributed by atoms with Gasteiger partial charge in [-0.3, -0.25) is 0 Å². The summed E-state index contributed by atoms with van der Waals surface area (Å²) in [5, 5.41) is -0.101. The van der Waals surface area contributed by atoms with Gasteiger partial charge in [-0.25, -0.2) is 9.18 Å². The number of esters is 1. The van der Waals surface area contributed by atoms with Gasteiger partial charge in [0.25, 0.3) is 0 Å². The molecule has 1 aromatic heterocycles. The summed E-state index contributed by atoms with van der Waals surface area (Å²) in [4.78, 5) is 23.0. The van der Waals surface area contributed by atoms with Crippen LogP contribution in [0.5, 0.6) is 6.01 Å². The fourth-order valence-corrected chi connectivity index (χ4v) is 1.66. The van der Waals surface area contributed by atoms with Crippen LogP contribution in [-0.2, 0) is 4.74 Å². The number of carbonyl (C=O) groups excluding carboxylic acids is 1. The Morgan fingerprint density at radius 2 is 1.95 bits per heavy atom. The van der Waals surface area contributed by atoms with Crippen LogP contribution in [0.15, 0.2) is 18.2 Å². The Labute approximate surface area is 118 Å². The Morgan fingerprint density at radius 1 is 1.20 bits per heavy atom. The van der Waals surface area contributed by atoms with Gasteiger partial charge in [0.2, 0.25) is 5.28 Å². The second kappa shape index (κ2) is 5.79. The quantitative estimate of drug-likeness (QED) is 0.808. The van der Waals surface area contributed by atoms with Gasteiger partial charge >= 0.3 is 12.0 Å². The van der Waals surface area contributed by atoms with E-state index < -0.39 is 11.8 Å². The van der Waals surface area contributed by atoms with Crippen LogP contribution in [0.4, 0.5) is 4.39 Å². The van der Waals surface area contributed by atoms with Crippen LogP contribution >= 0.6 is 11.6 Å². The fraction of sp³-hybridized carbons (Fsp3) is 0.167. The predicted molar refractivity (Wildman–Crippen MR) is 68.1 cm³/mol. The summed E-state index contributed by atoms with van der Waals surface area (Å²) in [6, 6.07) is 3.59. The van der Waals surface area contributed by atoms with E-state index in [0.717, 1.165) is 12.1 Å². The van der Waals surface area contributed by atoms with Crippen LogP contribution in [0.3, 0.4) is 0 Å². The van der Waals surface area contributed by atoms with Crippen molar-refractivity contribution >= 4 is 17.6 Å². The Kier molecular flexibility index (Phi) is 4.09. The summed E-state index contributed by atoms with van der Waals surface area (Å²) < 4.78 is 22.9. The normalized spacial score (nSPS) is 10.2. The lowest BCUT2D eigenvalue weighted by Crippen LogP contribution is -2.03. The summed E-state index contributed by atoms with van der Waals surface area (Å²) in [6.45, 7) is 0. The lowest BCUT2D eigenvalue weighted by atomic mass is 10.1. The molecule has 0 fully saturated rings. The maximum absolute atomic E-state index is 13.5. The summed E-state index contributed by atoms with van der Waals surface area (Å²) >= 11 is 5.72. The zero-order chi connectivity index (χ0) is 14.7. The molecule has 6 nitrogen and oxygen atoms in total. The molecule has 0 aliphatic carbocycles. The van der Waals surface area contributed by atoms with E-state index in [2.05, 4.69) is 19.7 Å².